The number of hydrogen-bond donors (Lipinski definition) is 2. The maximum Gasteiger partial charge on any atom is 0.309 e. The highest BCUT2D eigenvalue weighted by Crippen LogP contribution is 2.20. The Bertz CT molecular complexity index is 567. The molecule has 6 heteroatoms. The Morgan fingerprint density at radius 3 is 2.67 bits per heavy atom. The normalized spacial score (nSPS) is 15.7. The molecule has 0 bridgehead atoms. The number of carbonyl (C=O) groups is 2. The molecule has 0 aromatic carbocycles. The van der Waals surface area contributed by atoms with E-state index in [0.29, 0.717) is 13.1 Å². The first-order valence-electron chi connectivity index (χ1n) is 8.50. The summed E-state index contributed by atoms with van der Waals surface area (Å²) in [6.45, 7) is 0.945. The maximum atomic E-state index is 12.0. The number of thiophene rings is 1. The molecule has 1 heterocycles. The lowest BCUT2D eigenvalue weighted by atomic mass is 9.97. The molecule has 2 N–H and O–H groups in total. The lowest BCUT2D eigenvalue weighted by molar-refractivity contribution is -0.139. The third kappa shape index (κ3) is 5.76. The second-order valence-corrected chi connectivity index (χ2v) is 7.14. The smallest absolute Gasteiger partial charge is 0.309 e. The molecule has 0 unspecified atom stereocenters. The highest BCUT2D eigenvalue weighted by Gasteiger charge is 2.18. The third-order valence-electron chi connectivity index (χ3n) is 4.33. The summed E-state index contributed by atoms with van der Waals surface area (Å²) in [7, 11) is 3.93. The van der Waals surface area contributed by atoms with E-state index in [2.05, 4.69) is 22.1 Å². The van der Waals surface area contributed by atoms with Crippen LogP contribution >= 0.6 is 11.3 Å². The van der Waals surface area contributed by atoms with Crippen LogP contribution < -0.4 is 10.6 Å². The van der Waals surface area contributed by atoms with Crippen LogP contribution in [-0.2, 0) is 9.59 Å². The Labute approximate surface area is 148 Å². The van der Waals surface area contributed by atoms with E-state index >= 15 is 0 Å². The molecular weight excluding hydrogens is 322 g/mol. The van der Waals surface area contributed by atoms with Crippen LogP contribution in [-0.4, -0.2) is 43.9 Å². The van der Waals surface area contributed by atoms with Gasteiger partial charge in [-0.3, -0.25) is 9.59 Å². The summed E-state index contributed by atoms with van der Waals surface area (Å²) < 4.78 is 0. The van der Waals surface area contributed by atoms with Gasteiger partial charge in [-0.1, -0.05) is 11.6 Å². The van der Waals surface area contributed by atoms with Crippen LogP contribution in [0.25, 0.3) is 0 Å². The first kappa shape index (κ1) is 18.7. The highest BCUT2D eigenvalue weighted by atomic mass is 32.1. The zero-order valence-electron chi connectivity index (χ0n) is 14.5. The highest BCUT2D eigenvalue weighted by molar-refractivity contribution is 7.07. The van der Waals surface area contributed by atoms with Crippen molar-refractivity contribution >= 4 is 23.2 Å². The van der Waals surface area contributed by atoms with Gasteiger partial charge >= 0.3 is 11.8 Å². The first-order valence-corrected chi connectivity index (χ1v) is 9.44. The molecule has 24 heavy (non-hydrogen) atoms. The van der Waals surface area contributed by atoms with E-state index in [1.54, 1.807) is 11.3 Å². The van der Waals surface area contributed by atoms with Gasteiger partial charge in [-0.25, -0.2) is 0 Å². The second kappa shape index (κ2) is 9.59. The van der Waals surface area contributed by atoms with Gasteiger partial charge in [0.1, 0.15) is 0 Å². The van der Waals surface area contributed by atoms with Gasteiger partial charge in [0.15, 0.2) is 0 Å². The van der Waals surface area contributed by atoms with Gasteiger partial charge in [-0.05, 0) is 68.6 Å². The average Bonchev–Trinajstić information content (AvgIpc) is 3.09. The van der Waals surface area contributed by atoms with Crippen LogP contribution in [0.15, 0.2) is 28.5 Å². The Morgan fingerprint density at radius 1 is 1.25 bits per heavy atom. The van der Waals surface area contributed by atoms with Gasteiger partial charge in [-0.15, -0.1) is 0 Å². The molecule has 1 aromatic rings. The molecular formula is C18H27N3O2S. The molecule has 1 aliphatic carbocycles. The van der Waals surface area contributed by atoms with Crippen molar-refractivity contribution in [1.29, 1.82) is 0 Å². The predicted molar refractivity (Wildman–Crippen MR) is 97.9 cm³/mol. The number of likely N-dealkylation sites (N-methyl/N-ethyl adjacent to an activating group) is 1. The van der Waals surface area contributed by atoms with Crippen molar-refractivity contribution in [3.63, 3.8) is 0 Å². The molecule has 2 amide bonds. The van der Waals surface area contributed by atoms with E-state index in [1.807, 2.05) is 30.4 Å². The molecule has 0 radical (unpaired) electrons. The molecule has 1 aliphatic rings. The quantitative estimate of drug-likeness (QED) is 0.587. The molecule has 1 aromatic heterocycles. The fraction of sp³-hybridized carbons (Fsp3) is 0.556. The number of amides is 2. The van der Waals surface area contributed by atoms with Gasteiger partial charge in [0, 0.05) is 13.1 Å². The summed E-state index contributed by atoms with van der Waals surface area (Å²) in [6, 6.07) is 2.11. The lowest BCUT2D eigenvalue weighted by Crippen LogP contribution is -2.43. The SMILES string of the molecule is CN(C)[C@H](CNC(=O)C(=O)NCCC1=CCCCC1)c1ccsc1. The predicted octanol–water partition coefficient (Wildman–Crippen LogP) is 2.47. The van der Waals surface area contributed by atoms with Crippen molar-refractivity contribution in [2.75, 3.05) is 27.2 Å². The minimum atomic E-state index is -0.560. The standard InChI is InChI=1S/C18H27N3O2S/c1-21(2)16(15-9-11-24-13-15)12-20-18(23)17(22)19-10-8-14-6-4-3-5-7-14/h6,9,11,13,16H,3-5,7-8,10,12H2,1-2H3,(H,19,22)(H,20,23)/t16-/m1/s1. The summed E-state index contributed by atoms with van der Waals surface area (Å²) in [4.78, 5) is 25.9. The largest absolute Gasteiger partial charge is 0.348 e. The summed E-state index contributed by atoms with van der Waals surface area (Å²) in [5, 5.41) is 9.53. The van der Waals surface area contributed by atoms with Crippen molar-refractivity contribution in [2.24, 2.45) is 0 Å². The van der Waals surface area contributed by atoms with E-state index in [0.717, 1.165) is 24.8 Å². The molecule has 0 aliphatic heterocycles. The van der Waals surface area contributed by atoms with Crippen LogP contribution in [0.5, 0.6) is 0 Å². The lowest BCUT2D eigenvalue weighted by Gasteiger charge is -2.23. The molecule has 0 saturated carbocycles. The number of hydrogen-bond acceptors (Lipinski definition) is 4. The Morgan fingerprint density at radius 2 is 2.04 bits per heavy atom. The second-order valence-electron chi connectivity index (χ2n) is 6.36. The molecule has 0 fully saturated rings. The minimum Gasteiger partial charge on any atom is -0.348 e. The average molecular weight is 350 g/mol. The fourth-order valence-corrected chi connectivity index (χ4v) is 3.59. The summed E-state index contributed by atoms with van der Waals surface area (Å²) in [6.07, 6.45) is 7.85. The molecule has 5 nitrogen and oxygen atoms in total. The number of nitrogens with one attached hydrogen (secondary N) is 2. The molecule has 2 rings (SSSR count). The molecule has 0 saturated heterocycles. The van der Waals surface area contributed by atoms with Gasteiger partial charge in [-0.2, -0.15) is 11.3 Å². The number of rotatable bonds is 7. The van der Waals surface area contributed by atoms with Gasteiger partial charge in [0.2, 0.25) is 0 Å². The van der Waals surface area contributed by atoms with Gasteiger partial charge < -0.3 is 15.5 Å². The van der Waals surface area contributed by atoms with Gasteiger partial charge in [0.05, 0.1) is 6.04 Å². The molecule has 0 spiro atoms. The van der Waals surface area contributed by atoms with Crippen LogP contribution in [0.3, 0.4) is 0 Å². The van der Waals surface area contributed by atoms with Crippen molar-refractivity contribution in [3.8, 4) is 0 Å². The Balaban J connectivity index is 1.72. The fourth-order valence-electron chi connectivity index (χ4n) is 2.88. The van der Waals surface area contributed by atoms with Crippen LogP contribution in [0.2, 0.25) is 0 Å². The summed E-state index contributed by atoms with van der Waals surface area (Å²) in [5.74, 6) is -1.11. The van der Waals surface area contributed by atoms with E-state index in [-0.39, 0.29) is 6.04 Å². The van der Waals surface area contributed by atoms with Crippen LogP contribution in [0.4, 0.5) is 0 Å². The zero-order chi connectivity index (χ0) is 17.4. The topological polar surface area (TPSA) is 61.4 Å². The zero-order valence-corrected chi connectivity index (χ0v) is 15.3. The minimum absolute atomic E-state index is 0.0698. The molecule has 132 valence electrons. The number of allylic oxidation sites excluding steroid dienone is 1. The monoisotopic (exact) mass is 349 g/mol. The number of nitrogens with zero attached hydrogens (tertiary/aromatic N) is 1. The van der Waals surface area contributed by atoms with Gasteiger partial charge in [0.25, 0.3) is 0 Å². The van der Waals surface area contributed by atoms with Crippen molar-refractivity contribution in [2.45, 2.75) is 38.1 Å². The van der Waals surface area contributed by atoms with E-state index in [4.69, 9.17) is 0 Å². The molecule has 1 atom stereocenters. The van der Waals surface area contributed by atoms with Crippen molar-refractivity contribution in [3.05, 3.63) is 34.0 Å². The Hall–Kier alpha value is -1.66. The number of carbonyl (C=O) groups excluding carboxylic acids is 2. The maximum absolute atomic E-state index is 12.0. The van der Waals surface area contributed by atoms with Crippen molar-refractivity contribution in [1.82, 2.24) is 15.5 Å². The first-order chi connectivity index (χ1) is 11.6. The van der Waals surface area contributed by atoms with E-state index < -0.39 is 11.8 Å². The summed E-state index contributed by atoms with van der Waals surface area (Å²) in [5.41, 5.74) is 2.54. The van der Waals surface area contributed by atoms with Crippen molar-refractivity contribution < 1.29 is 9.59 Å². The third-order valence-corrected chi connectivity index (χ3v) is 5.03. The van der Waals surface area contributed by atoms with Crippen LogP contribution in [0.1, 0.15) is 43.7 Å². The summed E-state index contributed by atoms with van der Waals surface area (Å²) >= 11 is 1.63. The van der Waals surface area contributed by atoms with E-state index in [1.165, 1.54) is 18.4 Å². The van der Waals surface area contributed by atoms with Crippen LogP contribution in [0, 0.1) is 0 Å². The Kier molecular flexibility index (Phi) is 7.46. The van der Waals surface area contributed by atoms with E-state index in [9.17, 15) is 9.59 Å².